The van der Waals surface area contributed by atoms with Crippen LogP contribution in [0.5, 0.6) is 0 Å². The van der Waals surface area contributed by atoms with E-state index in [-0.39, 0.29) is 6.03 Å². The Labute approximate surface area is 169 Å². The SMILES string of the molecule is COCc1ccccc1CNC(=O)N[C@H](c1ccc(Cl)cc1)c1nccn1C. The molecule has 0 aliphatic heterocycles. The molecule has 0 unspecified atom stereocenters. The maximum Gasteiger partial charge on any atom is 0.315 e. The predicted molar refractivity (Wildman–Crippen MR) is 109 cm³/mol. The number of methoxy groups -OCH3 is 1. The Morgan fingerprint density at radius 3 is 2.54 bits per heavy atom. The normalized spacial score (nSPS) is 11.8. The molecule has 28 heavy (non-hydrogen) atoms. The van der Waals surface area contributed by atoms with Gasteiger partial charge in [0.05, 0.1) is 6.61 Å². The van der Waals surface area contributed by atoms with Gasteiger partial charge < -0.3 is 19.9 Å². The van der Waals surface area contributed by atoms with Gasteiger partial charge in [-0.15, -0.1) is 0 Å². The van der Waals surface area contributed by atoms with Crippen LogP contribution in [0.2, 0.25) is 5.02 Å². The molecule has 0 saturated carbocycles. The van der Waals surface area contributed by atoms with E-state index in [2.05, 4.69) is 15.6 Å². The van der Waals surface area contributed by atoms with Crippen LogP contribution in [0.4, 0.5) is 4.79 Å². The number of hydrogen-bond acceptors (Lipinski definition) is 3. The summed E-state index contributed by atoms with van der Waals surface area (Å²) >= 11 is 6.01. The molecule has 0 saturated heterocycles. The Hall–Kier alpha value is -2.83. The first-order chi connectivity index (χ1) is 13.6. The van der Waals surface area contributed by atoms with Crippen LogP contribution < -0.4 is 10.6 Å². The highest BCUT2D eigenvalue weighted by atomic mass is 35.5. The molecule has 1 aromatic heterocycles. The van der Waals surface area contributed by atoms with E-state index >= 15 is 0 Å². The number of nitrogens with one attached hydrogen (secondary N) is 2. The molecular formula is C21H23ClN4O2. The Morgan fingerprint density at radius 2 is 1.89 bits per heavy atom. The van der Waals surface area contributed by atoms with Gasteiger partial charge in [0, 0.05) is 38.1 Å². The Kier molecular flexibility index (Phi) is 6.68. The van der Waals surface area contributed by atoms with Crippen LogP contribution in [0.25, 0.3) is 0 Å². The third kappa shape index (κ3) is 4.91. The molecule has 3 aromatic rings. The fourth-order valence-electron chi connectivity index (χ4n) is 2.99. The first kappa shape index (κ1) is 19.9. The predicted octanol–water partition coefficient (Wildman–Crippen LogP) is 3.81. The minimum Gasteiger partial charge on any atom is -0.380 e. The third-order valence-electron chi connectivity index (χ3n) is 4.45. The fraction of sp³-hybridized carbons (Fsp3) is 0.238. The molecular weight excluding hydrogens is 376 g/mol. The van der Waals surface area contributed by atoms with Crippen molar-refractivity contribution in [3.63, 3.8) is 0 Å². The Morgan fingerprint density at radius 1 is 1.18 bits per heavy atom. The van der Waals surface area contributed by atoms with Crippen LogP contribution in [-0.4, -0.2) is 22.7 Å². The molecule has 0 spiro atoms. The second-order valence-electron chi connectivity index (χ2n) is 6.41. The summed E-state index contributed by atoms with van der Waals surface area (Å²) < 4.78 is 7.10. The van der Waals surface area contributed by atoms with Crippen molar-refractivity contribution in [2.75, 3.05) is 7.11 Å². The molecule has 7 heteroatoms. The lowest BCUT2D eigenvalue weighted by atomic mass is 10.1. The van der Waals surface area contributed by atoms with Crippen molar-refractivity contribution in [1.29, 1.82) is 0 Å². The van der Waals surface area contributed by atoms with Crippen LogP contribution >= 0.6 is 11.6 Å². The van der Waals surface area contributed by atoms with Crippen molar-refractivity contribution in [1.82, 2.24) is 20.2 Å². The molecule has 0 aliphatic rings. The number of urea groups is 1. The number of aryl methyl sites for hydroxylation is 1. The Balaban J connectivity index is 1.73. The van der Waals surface area contributed by atoms with E-state index in [1.807, 2.05) is 54.2 Å². The second-order valence-corrected chi connectivity index (χ2v) is 6.85. The number of carbonyl (C=O) groups excluding carboxylic acids is 1. The number of hydrogen-bond donors (Lipinski definition) is 2. The molecule has 6 nitrogen and oxygen atoms in total. The standard InChI is InChI=1S/C21H23ClN4O2/c1-26-12-11-23-20(26)19(15-7-9-18(22)10-8-15)25-21(27)24-13-16-5-3-4-6-17(16)14-28-2/h3-12,19H,13-14H2,1-2H3,(H2,24,25,27)/t19-/m1/s1. The molecule has 2 aromatic carbocycles. The summed E-state index contributed by atoms with van der Waals surface area (Å²) in [6.07, 6.45) is 3.55. The molecule has 2 N–H and O–H groups in total. The van der Waals surface area contributed by atoms with E-state index in [0.717, 1.165) is 22.5 Å². The third-order valence-corrected chi connectivity index (χ3v) is 4.71. The van der Waals surface area contributed by atoms with Crippen molar-refractivity contribution in [3.05, 3.63) is 88.5 Å². The Bertz CT molecular complexity index is 924. The summed E-state index contributed by atoms with van der Waals surface area (Å²) in [7, 11) is 3.55. The van der Waals surface area contributed by atoms with E-state index in [1.54, 1.807) is 25.4 Å². The van der Waals surface area contributed by atoms with Crippen LogP contribution in [0.3, 0.4) is 0 Å². The molecule has 2 amide bonds. The number of benzene rings is 2. The number of imidazole rings is 1. The molecule has 0 fully saturated rings. The number of halogens is 1. The lowest BCUT2D eigenvalue weighted by molar-refractivity contribution is 0.184. The highest BCUT2D eigenvalue weighted by Crippen LogP contribution is 2.22. The number of ether oxygens (including phenoxy) is 1. The number of rotatable bonds is 7. The first-order valence-corrected chi connectivity index (χ1v) is 9.29. The maximum atomic E-state index is 12.6. The van der Waals surface area contributed by atoms with Gasteiger partial charge in [-0.25, -0.2) is 9.78 Å². The molecule has 1 heterocycles. The van der Waals surface area contributed by atoms with Crippen LogP contribution in [-0.2, 0) is 24.9 Å². The average Bonchev–Trinajstić information content (AvgIpc) is 3.12. The van der Waals surface area contributed by atoms with Gasteiger partial charge in [-0.2, -0.15) is 0 Å². The van der Waals surface area contributed by atoms with E-state index in [4.69, 9.17) is 16.3 Å². The van der Waals surface area contributed by atoms with Crippen molar-refractivity contribution in [3.8, 4) is 0 Å². The van der Waals surface area contributed by atoms with Crippen LogP contribution in [0.15, 0.2) is 60.9 Å². The minimum absolute atomic E-state index is 0.282. The van der Waals surface area contributed by atoms with Crippen molar-refractivity contribution < 1.29 is 9.53 Å². The summed E-state index contributed by atoms with van der Waals surface area (Å²) in [5.74, 6) is 0.734. The maximum absolute atomic E-state index is 12.6. The van der Waals surface area contributed by atoms with Gasteiger partial charge in [0.15, 0.2) is 0 Å². The van der Waals surface area contributed by atoms with Crippen LogP contribution in [0, 0.1) is 0 Å². The minimum atomic E-state index is -0.397. The zero-order valence-electron chi connectivity index (χ0n) is 15.9. The number of aromatic nitrogens is 2. The van der Waals surface area contributed by atoms with Gasteiger partial charge in [0.2, 0.25) is 0 Å². The highest BCUT2D eigenvalue weighted by Gasteiger charge is 2.20. The monoisotopic (exact) mass is 398 g/mol. The molecule has 0 radical (unpaired) electrons. The topological polar surface area (TPSA) is 68.2 Å². The van der Waals surface area contributed by atoms with Crippen molar-refractivity contribution in [2.45, 2.75) is 19.2 Å². The average molecular weight is 399 g/mol. The second kappa shape index (κ2) is 9.39. The van der Waals surface area contributed by atoms with Gasteiger partial charge in [0.25, 0.3) is 0 Å². The van der Waals surface area contributed by atoms with Gasteiger partial charge in [-0.1, -0.05) is 48.0 Å². The van der Waals surface area contributed by atoms with E-state index in [0.29, 0.717) is 18.2 Å². The summed E-state index contributed by atoms with van der Waals surface area (Å²) in [5, 5.41) is 6.57. The van der Waals surface area contributed by atoms with Crippen molar-refractivity contribution in [2.24, 2.45) is 7.05 Å². The molecule has 0 aliphatic carbocycles. The fourth-order valence-corrected chi connectivity index (χ4v) is 3.12. The summed E-state index contributed by atoms with van der Waals surface area (Å²) in [6, 6.07) is 14.6. The van der Waals surface area contributed by atoms with E-state index in [1.165, 1.54) is 0 Å². The van der Waals surface area contributed by atoms with Gasteiger partial charge in [0.1, 0.15) is 11.9 Å². The van der Waals surface area contributed by atoms with Gasteiger partial charge >= 0.3 is 6.03 Å². The molecule has 1 atom stereocenters. The molecule has 0 bridgehead atoms. The van der Waals surface area contributed by atoms with E-state index in [9.17, 15) is 4.79 Å². The lowest BCUT2D eigenvalue weighted by Crippen LogP contribution is -2.39. The summed E-state index contributed by atoms with van der Waals surface area (Å²) in [6.45, 7) is 0.902. The zero-order chi connectivity index (χ0) is 19.9. The summed E-state index contributed by atoms with van der Waals surface area (Å²) in [4.78, 5) is 17.0. The smallest absolute Gasteiger partial charge is 0.315 e. The van der Waals surface area contributed by atoms with E-state index < -0.39 is 6.04 Å². The van der Waals surface area contributed by atoms with Crippen LogP contribution in [0.1, 0.15) is 28.6 Å². The lowest BCUT2D eigenvalue weighted by Gasteiger charge is -2.20. The number of amides is 2. The van der Waals surface area contributed by atoms with Gasteiger partial charge in [-0.05, 0) is 28.8 Å². The largest absolute Gasteiger partial charge is 0.380 e. The van der Waals surface area contributed by atoms with Crippen molar-refractivity contribution >= 4 is 17.6 Å². The molecule has 146 valence electrons. The highest BCUT2D eigenvalue weighted by molar-refractivity contribution is 6.30. The quantitative estimate of drug-likeness (QED) is 0.636. The zero-order valence-corrected chi connectivity index (χ0v) is 16.6. The number of carbonyl (C=O) groups is 1. The summed E-state index contributed by atoms with van der Waals surface area (Å²) in [5.41, 5.74) is 2.96. The molecule has 3 rings (SSSR count). The first-order valence-electron chi connectivity index (χ1n) is 8.91. The van der Waals surface area contributed by atoms with Gasteiger partial charge in [-0.3, -0.25) is 0 Å². The number of nitrogens with zero attached hydrogens (tertiary/aromatic N) is 2.